The predicted molar refractivity (Wildman–Crippen MR) is 121 cm³/mol. The number of hydrogen-bond acceptors (Lipinski definition) is 5. The van der Waals surface area contributed by atoms with Crippen LogP contribution in [0.2, 0.25) is 0 Å². The molecular weight excluding hydrogens is 396 g/mol. The third-order valence-corrected chi connectivity index (χ3v) is 5.70. The number of amides is 1. The van der Waals surface area contributed by atoms with E-state index in [2.05, 4.69) is 35.4 Å². The van der Waals surface area contributed by atoms with E-state index in [1.165, 1.54) is 17.3 Å². The first-order valence-electron chi connectivity index (χ1n) is 9.94. The molecule has 0 bridgehead atoms. The summed E-state index contributed by atoms with van der Waals surface area (Å²) in [4.78, 5) is 12.3. The van der Waals surface area contributed by atoms with Crippen molar-refractivity contribution in [3.63, 3.8) is 0 Å². The highest BCUT2D eigenvalue weighted by atomic mass is 32.2. The van der Waals surface area contributed by atoms with Crippen molar-refractivity contribution in [2.75, 3.05) is 11.1 Å². The van der Waals surface area contributed by atoms with Crippen molar-refractivity contribution in [2.45, 2.75) is 45.4 Å². The van der Waals surface area contributed by atoms with Gasteiger partial charge < -0.3 is 14.6 Å². The lowest BCUT2D eigenvalue weighted by molar-refractivity contribution is -0.113. The number of thioether (sulfide) groups is 1. The number of benzene rings is 2. The van der Waals surface area contributed by atoms with Crippen molar-refractivity contribution in [1.29, 1.82) is 0 Å². The number of carbonyl (C=O) groups excluding carboxylic acids is 1. The van der Waals surface area contributed by atoms with Crippen molar-refractivity contribution >= 4 is 23.4 Å². The molecule has 0 spiro atoms. The Morgan fingerprint density at radius 3 is 2.40 bits per heavy atom. The maximum Gasteiger partial charge on any atom is 0.234 e. The molecule has 30 heavy (non-hydrogen) atoms. The van der Waals surface area contributed by atoms with E-state index >= 15 is 0 Å². The maximum absolute atomic E-state index is 12.3. The summed E-state index contributed by atoms with van der Waals surface area (Å²) in [6, 6.07) is 14.0. The van der Waals surface area contributed by atoms with Crippen molar-refractivity contribution in [2.24, 2.45) is 7.05 Å². The first kappa shape index (κ1) is 21.9. The first-order valence-corrected chi connectivity index (χ1v) is 10.9. The molecule has 0 aliphatic carbocycles. The number of ether oxygens (including phenoxy) is 1. The van der Waals surface area contributed by atoms with Gasteiger partial charge in [0.2, 0.25) is 5.91 Å². The molecule has 1 amide bonds. The van der Waals surface area contributed by atoms with Gasteiger partial charge in [0.05, 0.1) is 5.75 Å². The average molecular weight is 425 g/mol. The second-order valence-electron chi connectivity index (χ2n) is 7.68. The summed E-state index contributed by atoms with van der Waals surface area (Å²) in [5, 5.41) is 12.0. The van der Waals surface area contributed by atoms with Crippen molar-refractivity contribution in [1.82, 2.24) is 14.8 Å². The Labute approximate surface area is 182 Å². The van der Waals surface area contributed by atoms with Crippen LogP contribution >= 0.6 is 11.8 Å². The molecule has 1 N–H and O–H groups in total. The Morgan fingerprint density at radius 1 is 1.10 bits per heavy atom. The minimum atomic E-state index is -0.0756. The number of anilines is 1. The van der Waals surface area contributed by atoms with E-state index in [0.29, 0.717) is 23.5 Å². The van der Waals surface area contributed by atoms with Gasteiger partial charge in [0, 0.05) is 12.7 Å². The maximum atomic E-state index is 12.3. The summed E-state index contributed by atoms with van der Waals surface area (Å²) in [7, 11) is 1.88. The zero-order valence-corrected chi connectivity index (χ0v) is 18.9. The Morgan fingerprint density at radius 2 is 1.77 bits per heavy atom. The molecule has 0 aliphatic rings. The molecule has 1 aromatic heterocycles. The molecule has 0 aliphatic heterocycles. The number of aromatic nitrogens is 3. The molecule has 158 valence electrons. The van der Waals surface area contributed by atoms with Crippen molar-refractivity contribution in [3.05, 3.63) is 65.0 Å². The molecule has 0 saturated heterocycles. The van der Waals surface area contributed by atoms with Crippen LogP contribution in [-0.4, -0.2) is 26.4 Å². The summed E-state index contributed by atoms with van der Waals surface area (Å²) in [6.07, 6.45) is 0. The molecule has 0 fully saturated rings. The Balaban J connectivity index is 1.52. The molecule has 7 heteroatoms. The number of hydrogen-bond donors (Lipinski definition) is 1. The number of nitrogens with zero attached hydrogens (tertiary/aromatic N) is 3. The highest BCUT2D eigenvalue weighted by Gasteiger charge is 2.12. The third-order valence-electron chi connectivity index (χ3n) is 4.68. The highest BCUT2D eigenvalue weighted by molar-refractivity contribution is 7.99. The van der Waals surface area contributed by atoms with Crippen LogP contribution in [0.25, 0.3) is 0 Å². The van der Waals surface area contributed by atoms with Crippen LogP contribution in [0.15, 0.2) is 47.6 Å². The van der Waals surface area contributed by atoms with Gasteiger partial charge in [0.15, 0.2) is 11.0 Å². The minimum absolute atomic E-state index is 0.0756. The van der Waals surface area contributed by atoms with E-state index in [4.69, 9.17) is 4.74 Å². The molecular formula is C23H28N4O2S. The molecule has 0 radical (unpaired) electrons. The topological polar surface area (TPSA) is 69.0 Å². The number of nitrogens with one attached hydrogen (secondary N) is 1. The van der Waals surface area contributed by atoms with E-state index in [1.807, 2.05) is 61.9 Å². The molecule has 0 saturated carbocycles. The largest absolute Gasteiger partial charge is 0.486 e. The van der Waals surface area contributed by atoms with Gasteiger partial charge in [-0.05, 0) is 60.7 Å². The fourth-order valence-electron chi connectivity index (χ4n) is 3.04. The van der Waals surface area contributed by atoms with Gasteiger partial charge >= 0.3 is 0 Å². The fourth-order valence-corrected chi connectivity index (χ4v) is 3.77. The highest BCUT2D eigenvalue weighted by Crippen LogP contribution is 2.21. The standard InChI is InChI=1S/C23H28N4O2S/c1-15(2)18-6-8-19(9-7-18)24-22(28)14-30-23-26-25-21(27(23)5)13-29-20-11-16(3)10-17(4)12-20/h6-12,15H,13-14H2,1-5H3,(H,24,28). The van der Waals surface area contributed by atoms with Gasteiger partial charge in [-0.2, -0.15) is 0 Å². The van der Waals surface area contributed by atoms with E-state index < -0.39 is 0 Å². The van der Waals surface area contributed by atoms with E-state index in [-0.39, 0.29) is 11.7 Å². The zero-order chi connectivity index (χ0) is 21.7. The first-order chi connectivity index (χ1) is 14.3. The van der Waals surface area contributed by atoms with Gasteiger partial charge in [0.1, 0.15) is 12.4 Å². The second kappa shape index (κ2) is 9.80. The minimum Gasteiger partial charge on any atom is -0.486 e. The van der Waals surface area contributed by atoms with E-state index in [9.17, 15) is 4.79 Å². The van der Waals surface area contributed by atoms with Gasteiger partial charge in [0.25, 0.3) is 0 Å². The molecule has 0 atom stereocenters. The molecule has 3 rings (SSSR count). The lowest BCUT2D eigenvalue weighted by Crippen LogP contribution is -2.14. The molecule has 3 aromatic rings. The van der Waals surface area contributed by atoms with Gasteiger partial charge in [-0.25, -0.2) is 0 Å². The number of aryl methyl sites for hydroxylation is 2. The Bertz CT molecular complexity index is 992. The summed E-state index contributed by atoms with van der Waals surface area (Å²) in [5.74, 6) is 2.17. The second-order valence-corrected chi connectivity index (χ2v) is 8.63. The van der Waals surface area contributed by atoms with Gasteiger partial charge in [-0.3, -0.25) is 4.79 Å². The van der Waals surface area contributed by atoms with Crippen LogP contribution in [0.5, 0.6) is 5.75 Å². The number of carbonyl (C=O) groups is 1. The van der Waals surface area contributed by atoms with Crippen LogP contribution in [0.3, 0.4) is 0 Å². The average Bonchev–Trinajstić information content (AvgIpc) is 3.04. The summed E-state index contributed by atoms with van der Waals surface area (Å²) < 4.78 is 7.73. The van der Waals surface area contributed by atoms with Crippen LogP contribution in [0, 0.1) is 13.8 Å². The monoisotopic (exact) mass is 424 g/mol. The molecule has 1 heterocycles. The SMILES string of the molecule is Cc1cc(C)cc(OCc2nnc(SCC(=O)Nc3ccc(C(C)C)cc3)n2C)c1. The normalized spacial score (nSPS) is 11.0. The summed E-state index contributed by atoms with van der Waals surface area (Å²) >= 11 is 1.35. The van der Waals surface area contributed by atoms with E-state index in [1.54, 1.807) is 0 Å². The van der Waals surface area contributed by atoms with Gasteiger partial charge in [-0.1, -0.05) is 43.8 Å². The van der Waals surface area contributed by atoms with Crippen molar-refractivity contribution in [3.8, 4) is 5.75 Å². The molecule has 6 nitrogen and oxygen atoms in total. The van der Waals surface area contributed by atoms with Crippen LogP contribution in [-0.2, 0) is 18.4 Å². The van der Waals surface area contributed by atoms with Crippen LogP contribution in [0.1, 0.15) is 42.3 Å². The predicted octanol–water partition coefficient (Wildman–Crippen LogP) is 4.87. The summed E-state index contributed by atoms with van der Waals surface area (Å²) in [6.45, 7) is 8.70. The molecule has 2 aromatic carbocycles. The fraction of sp³-hybridized carbons (Fsp3) is 0.348. The Kier molecular flexibility index (Phi) is 7.15. The summed E-state index contributed by atoms with van der Waals surface area (Å²) in [5.41, 5.74) is 4.36. The Hall–Kier alpha value is -2.80. The van der Waals surface area contributed by atoms with Crippen LogP contribution in [0.4, 0.5) is 5.69 Å². The van der Waals surface area contributed by atoms with Crippen molar-refractivity contribution < 1.29 is 9.53 Å². The van der Waals surface area contributed by atoms with Crippen LogP contribution < -0.4 is 10.1 Å². The third kappa shape index (κ3) is 5.86. The lowest BCUT2D eigenvalue weighted by Gasteiger charge is -2.09. The molecule has 0 unspecified atom stereocenters. The smallest absolute Gasteiger partial charge is 0.234 e. The van der Waals surface area contributed by atoms with E-state index in [0.717, 1.165) is 22.6 Å². The zero-order valence-electron chi connectivity index (χ0n) is 18.1. The van der Waals surface area contributed by atoms with Gasteiger partial charge in [-0.15, -0.1) is 10.2 Å². The lowest BCUT2D eigenvalue weighted by atomic mass is 10.0. The quantitative estimate of drug-likeness (QED) is 0.523. The number of rotatable bonds is 8.